The summed E-state index contributed by atoms with van der Waals surface area (Å²) in [4.78, 5) is 16.3. The molecule has 0 aliphatic carbocycles. The van der Waals surface area contributed by atoms with Crippen molar-refractivity contribution in [2.45, 2.75) is 25.7 Å². The summed E-state index contributed by atoms with van der Waals surface area (Å²) in [5.74, 6) is 0.132. The fourth-order valence-corrected chi connectivity index (χ4v) is 1.93. The van der Waals surface area contributed by atoms with Crippen LogP contribution in [0.25, 0.3) is 0 Å². The maximum atomic E-state index is 12.1. The molecule has 0 radical (unpaired) electrons. The zero-order chi connectivity index (χ0) is 12.8. The number of Topliss-reactive ketones (excluding diaryl/α,β-unsaturated/α-hetero) is 1. The van der Waals surface area contributed by atoms with Crippen LogP contribution in [0, 0.1) is 0 Å². The van der Waals surface area contributed by atoms with Crippen molar-refractivity contribution in [1.29, 1.82) is 0 Å². The van der Waals surface area contributed by atoms with Crippen LogP contribution >= 0.6 is 0 Å². The molecule has 0 aliphatic heterocycles. The number of nitrogens with zero attached hydrogens (tertiary/aromatic N) is 1. The molecule has 2 nitrogen and oxygen atoms in total. The van der Waals surface area contributed by atoms with Crippen LogP contribution in [0.5, 0.6) is 0 Å². The van der Waals surface area contributed by atoms with Crippen LogP contribution in [0.2, 0.25) is 0 Å². The molecule has 0 fully saturated rings. The van der Waals surface area contributed by atoms with Crippen molar-refractivity contribution < 1.29 is 4.79 Å². The molecule has 1 heterocycles. The van der Waals surface area contributed by atoms with Gasteiger partial charge in [0.1, 0.15) is 5.78 Å². The first-order valence-corrected chi connectivity index (χ1v) is 6.25. The van der Waals surface area contributed by atoms with Gasteiger partial charge in [-0.25, -0.2) is 0 Å². The summed E-state index contributed by atoms with van der Waals surface area (Å²) in [6.45, 7) is 1.93. The highest BCUT2D eigenvalue weighted by Crippen LogP contribution is 2.16. The van der Waals surface area contributed by atoms with Gasteiger partial charge in [-0.05, 0) is 31.0 Å². The Bertz CT molecular complexity index is 493. The number of aryl methyl sites for hydroxylation is 1. The third kappa shape index (κ3) is 3.27. The molecule has 18 heavy (non-hydrogen) atoms. The van der Waals surface area contributed by atoms with Gasteiger partial charge in [-0.3, -0.25) is 9.78 Å². The number of ketones is 1. The number of benzene rings is 1. The largest absolute Gasteiger partial charge is 0.299 e. The molecule has 0 saturated heterocycles. The molecule has 92 valence electrons. The van der Waals surface area contributed by atoms with Crippen LogP contribution in [0.1, 0.15) is 30.5 Å². The first-order valence-electron chi connectivity index (χ1n) is 6.25. The molecular formula is C16H17NO. The maximum Gasteiger partial charge on any atom is 0.141 e. The van der Waals surface area contributed by atoms with Gasteiger partial charge in [0.15, 0.2) is 0 Å². The molecule has 1 atom stereocenters. The summed E-state index contributed by atoms with van der Waals surface area (Å²) in [7, 11) is 0. The first kappa shape index (κ1) is 12.5. The van der Waals surface area contributed by atoms with E-state index < -0.39 is 0 Å². The van der Waals surface area contributed by atoms with Gasteiger partial charge in [-0.1, -0.05) is 36.4 Å². The third-order valence-electron chi connectivity index (χ3n) is 3.12. The summed E-state index contributed by atoms with van der Waals surface area (Å²) in [5, 5.41) is 0. The van der Waals surface area contributed by atoms with Crippen LogP contribution in [-0.2, 0) is 11.2 Å². The van der Waals surface area contributed by atoms with Crippen LogP contribution in [0.15, 0.2) is 54.7 Å². The van der Waals surface area contributed by atoms with Gasteiger partial charge in [0.05, 0.1) is 11.6 Å². The molecule has 1 aromatic carbocycles. The van der Waals surface area contributed by atoms with E-state index in [9.17, 15) is 4.79 Å². The van der Waals surface area contributed by atoms with Gasteiger partial charge in [0.2, 0.25) is 0 Å². The van der Waals surface area contributed by atoms with E-state index in [0.29, 0.717) is 6.42 Å². The molecule has 0 spiro atoms. The van der Waals surface area contributed by atoms with Gasteiger partial charge in [0.25, 0.3) is 0 Å². The van der Waals surface area contributed by atoms with Gasteiger partial charge >= 0.3 is 0 Å². The van der Waals surface area contributed by atoms with Crippen molar-refractivity contribution in [1.82, 2.24) is 4.98 Å². The lowest BCUT2D eigenvalue weighted by molar-refractivity contribution is -0.120. The Balaban J connectivity index is 1.93. The van der Waals surface area contributed by atoms with E-state index in [0.717, 1.165) is 12.1 Å². The Hall–Kier alpha value is -1.96. The lowest BCUT2D eigenvalue weighted by Crippen LogP contribution is -2.11. The van der Waals surface area contributed by atoms with E-state index in [-0.39, 0.29) is 11.7 Å². The zero-order valence-corrected chi connectivity index (χ0v) is 10.5. The second-order valence-corrected chi connectivity index (χ2v) is 4.43. The molecular weight excluding hydrogens is 222 g/mol. The SMILES string of the molecule is C[C@@H](C(=O)CCc1ccccc1)c1ccccn1. The van der Waals surface area contributed by atoms with E-state index in [1.807, 2.05) is 43.3 Å². The molecule has 0 N–H and O–H groups in total. The van der Waals surface area contributed by atoms with Gasteiger partial charge in [-0.2, -0.15) is 0 Å². The fraction of sp³-hybridized carbons (Fsp3) is 0.250. The molecule has 0 amide bonds. The van der Waals surface area contributed by atoms with Crippen molar-refractivity contribution in [3.05, 3.63) is 66.0 Å². The van der Waals surface area contributed by atoms with E-state index in [1.54, 1.807) is 6.20 Å². The van der Waals surface area contributed by atoms with Gasteiger partial charge in [0, 0.05) is 12.6 Å². The predicted octanol–water partition coefficient (Wildman–Crippen LogP) is 3.39. The predicted molar refractivity (Wildman–Crippen MR) is 72.4 cm³/mol. The highest BCUT2D eigenvalue weighted by atomic mass is 16.1. The topological polar surface area (TPSA) is 30.0 Å². The Morgan fingerprint density at radius 2 is 1.83 bits per heavy atom. The molecule has 2 rings (SSSR count). The first-order chi connectivity index (χ1) is 8.77. The van der Waals surface area contributed by atoms with Crippen LogP contribution in [-0.4, -0.2) is 10.8 Å². The normalized spacial score (nSPS) is 12.1. The smallest absolute Gasteiger partial charge is 0.141 e. The van der Waals surface area contributed by atoms with Crippen LogP contribution < -0.4 is 0 Å². The van der Waals surface area contributed by atoms with Crippen LogP contribution in [0.4, 0.5) is 0 Å². The molecule has 2 heteroatoms. The summed E-state index contributed by atoms with van der Waals surface area (Å²) in [5.41, 5.74) is 2.06. The summed E-state index contributed by atoms with van der Waals surface area (Å²) < 4.78 is 0. The summed E-state index contributed by atoms with van der Waals surface area (Å²) in [6, 6.07) is 15.8. The minimum Gasteiger partial charge on any atom is -0.299 e. The molecule has 0 saturated carbocycles. The number of carbonyl (C=O) groups excluding carboxylic acids is 1. The molecule has 0 unspecified atom stereocenters. The Kier molecular flexibility index (Phi) is 4.24. The number of carbonyl (C=O) groups is 1. The van der Waals surface area contributed by atoms with E-state index >= 15 is 0 Å². The Labute approximate surface area is 108 Å². The average molecular weight is 239 g/mol. The minimum absolute atomic E-state index is 0.116. The zero-order valence-electron chi connectivity index (χ0n) is 10.5. The lowest BCUT2D eigenvalue weighted by atomic mass is 9.96. The average Bonchev–Trinajstić information content (AvgIpc) is 2.46. The Morgan fingerprint density at radius 3 is 2.50 bits per heavy atom. The van der Waals surface area contributed by atoms with E-state index in [4.69, 9.17) is 0 Å². The van der Waals surface area contributed by atoms with Crippen molar-refractivity contribution in [2.24, 2.45) is 0 Å². The standard InChI is InChI=1S/C16H17NO/c1-13(15-9-5-6-12-17-15)16(18)11-10-14-7-3-2-4-8-14/h2-9,12-13H,10-11H2,1H3/t13-/m1/s1. The van der Waals surface area contributed by atoms with Crippen LogP contribution in [0.3, 0.4) is 0 Å². The van der Waals surface area contributed by atoms with E-state index in [2.05, 4.69) is 17.1 Å². The third-order valence-corrected chi connectivity index (χ3v) is 3.12. The summed E-state index contributed by atoms with van der Waals surface area (Å²) >= 11 is 0. The Morgan fingerprint density at radius 1 is 1.11 bits per heavy atom. The molecule has 1 aromatic heterocycles. The number of aromatic nitrogens is 1. The maximum absolute atomic E-state index is 12.1. The van der Waals surface area contributed by atoms with Crippen molar-refractivity contribution >= 4 is 5.78 Å². The van der Waals surface area contributed by atoms with Crippen molar-refractivity contribution in [2.75, 3.05) is 0 Å². The minimum atomic E-state index is -0.116. The number of hydrogen-bond acceptors (Lipinski definition) is 2. The second kappa shape index (κ2) is 6.10. The highest BCUT2D eigenvalue weighted by molar-refractivity contribution is 5.85. The lowest BCUT2D eigenvalue weighted by Gasteiger charge is -2.09. The fourth-order valence-electron chi connectivity index (χ4n) is 1.93. The number of hydrogen-bond donors (Lipinski definition) is 0. The second-order valence-electron chi connectivity index (χ2n) is 4.43. The molecule has 0 bridgehead atoms. The summed E-state index contributed by atoms with van der Waals surface area (Å²) in [6.07, 6.45) is 3.11. The molecule has 0 aliphatic rings. The van der Waals surface area contributed by atoms with Gasteiger partial charge < -0.3 is 0 Å². The van der Waals surface area contributed by atoms with Crippen molar-refractivity contribution in [3.8, 4) is 0 Å². The highest BCUT2D eigenvalue weighted by Gasteiger charge is 2.15. The van der Waals surface area contributed by atoms with Gasteiger partial charge in [-0.15, -0.1) is 0 Å². The molecule has 2 aromatic rings. The van der Waals surface area contributed by atoms with Crippen molar-refractivity contribution in [3.63, 3.8) is 0 Å². The number of rotatable bonds is 5. The quantitative estimate of drug-likeness (QED) is 0.800. The monoisotopic (exact) mass is 239 g/mol. The number of pyridine rings is 1. The van der Waals surface area contributed by atoms with E-state index in [1.165, 1.54) is 5.56 Å².